The highest BCUT2D eigenvalue weighted by molar-refractivity contribution is 9.09. The molecule has 0 amide bonds. The Morgan fingerprint density at radius 2 is 0.889 bits per heavy atom. The topological polar surface area (TPSA) is 38.7 Å². The van der Waals surface area contributed by atoms with E-state index < -0.39 is 33.3 Å². The zero-order valence-electron chi connectivity index (χ0n) is 7.74. The Morgan fingerprint density at radius 3 is 1.11 bits per heavy atom. The molecule has 0 aliphatic carbocycles. The number of aromatic nitrogens is 3. The molecule has 0 N–H and O–H groups in total. The molecule has 18 heavy (non-hydrogen) atoms. The van der Waals surface area contributed by atoms with E-state index in [4.69, 9.17) is 0 Å². The lowest BCUT2D eigenvalue weighted by Crippen LogP contribution is -2.23. The van der Waals surface area contributed by atoms with Crippen molar-refractivity contribution >= 4 is 31.9 Å². The van der Waals surface area contributed by atoms with E-state index in [0.717, 1.165) is 0 Å². The molecule has 1 aromatic rings. The van der Waals surface area contributed by atoms with Crippen molar-refractivity contribution in [3.8, 4) is 0 Å². The van der Waals surface area contributed by atoms with E-state index in [1.807, 2.05) is 0 Å². The largest absolute Gasteiger partial charge is 0.451 e. The van der Waals surface area contributed by atoms with Gasteiger partial charge in [0.15, 0.2) is 0 Å². The Kier molecular flexibility index (Phi) is 3.92. The minimum Gasteiger partial charge on any atom is -0.204 e. The van der Waals surface area contributed by atoms with Crippen molar-refractivity contribution in [1.82, 2.24) is 15.0 Å². The van der Waals surface area contributed by atoms with E-state index in [0.29, 0.717) is 0 Å². The molecule has 0 radical (unpaired) electrons. The van der Waals surface area contributed by atoms with Gasteiger partial charge in [-0.15, -0.1) is 0 Å². The van der Waals surface area contributed by atoms with Crippen LogP contribution in [0.25, 0.3) is 0 Å². The Bertz CT molecular complexity index is 371. The predicted molar refractivity (Wildman–Crippen MR) is 50.5 cm³/mol. The SMILES string of the molecule is FC(F)(F)c1nc(C(F)(F)Br)nc(C(F)(F)Br)n1. The van der Waals surface area contributed by atoms with Crippen molar-refractivity contribution in [1.29, 1.82) is 0 Å². The Morgan fingerprint density at radius 1 is 0.611 bits per heavy atom. The summed E-state index contributed by atoms with van der Waals surface area (Å²) < 4.78 is 87.7. The summed E-state index contributed by atoms with van der Waals surface area (Å²) in [6.45, 7) is 0. The summed E-state index contributed by atoms with van der Waals surface area (Å²) in [7, 11) is 0. The molecule has 0 saturated carbocycles. The van der Waals surface area contributed by atoms with Crippen LogP contribution >= 0.6 is 31.9 Å². The second-order valence-electron chi connectivity index (χ2n) is 2.80. The fraction of sp³-hybridized carbons (Fsp3) is 0.500. The van der Waals surface area contributed by atoms with E-state index in [1.54, 1.807) is 31.9 Å². The maximum Gasteiger partial charge on any atom is 0.451 e. The first kappa shape index (κ1) is 15.5. The summed E-state index contributed by atoms with van der Waals surface area (Å²) >= 11 is 3.35. The van der Waals surface area contributed by atoms with E-state index in [2.05, 4.69) is 15.0 Å². The average molecular weight is 407 g/mol. The first-order chi connectivity index (χ1) is 7.82. The van der Waals surface area contributed by atoms with Crippen molar-refractivity contribution in [3.05, 3.63) is 17.5 Å². The van der Waals surface area contributed by atoms with Crippen molar-refractivity contribution in [2.45, 2.75) is 15.8 Å². The summed E-state index contributed by atoms with van der Waals surface area (Å²) in [6.07, 6.45) is -5.26. The van der Waals surface area contributed by atoms with Gasteiger partial charge in [-0.25, -0.2) is 15.0 Å². The first-order valence-corrected chi connectivity index (χ1v) is 5.38. The molecule has 102 valence electrons. The second-order valence-corrected chi connectivity index (χ2v) is 4.79. The standard InChI is InChI=1S/C6Br2F7N3/c7-4(9,10)1-16-2(5(8,11)12)18-3(17-1)6(13,14)15. The van der Waals surface area contributed by atoms with Gasteiger partial charge in [0.05, 0.1) is 0 Å². The Hall–Kier alpha value is -0.520. The van der Waals surface area contributed by atoms with Crippen LogP contribution in [0.1, 0.15) is 17.5 Å². The van der Waals surface area contributed by atoms with E-state index in [1.165, 1.54) is 0 Å². The van der Waals surface area contributed by atoms with Crippen molar-refractivity contribution in [2.75, 3.05) is 0 Å². The fourth-order valence-corrected chi connectivity index (χ4v) is 1.11. The van der Waals surface area contributed by atoms with E-state index in [9.17, 15) is 30.7 Å². The lowest BCUT2D eigenvalue weighted by molar-refractivity contribution is -0.146. The quantitative estimate of drug-likeness (QED) is 0.554. The predicted octanol–water partition coefficient (Wildman–Crippen LogP) is 3.78. The molecule has 0 saturated heterocycles. The monoisotopic (exact) mass is 405 g/mol. The Labute approximate surface area is 111 Å². The minimum atomic E-state index is -5.26. The lowest BCUT2D eigenvalue weighted by Gasteiger charge is -2.13. The van der Waals surface area contributed by atoms with Crippen LogP contribution in [0.3, 0.4) is 0 Å². The van der Waals surface area contributed by atoms with Gasteiger partial charge in [-0.1, -0.05) is 0 Å². The number of halogens is 9. The number of hydrogen-bond acceptors (Lipinski definition) is 3. The number of nitrogens with zero attached hydrogens (tertiary/aromatic N) is 3. The zero-order chi connectivity index (χ0) is 14.4. The maximum atomic E-state index is 12.7. The van der Waals surface area contributed by atoms with Crippen LogP contribution in [0.2, 0.25) is 0 Å². The van der Waals surface area contributed by atoms with Crippen LogP contribution < -0.4 is 0 Å². The lowest BCUT2D eigenvalue weighted by atomic mass is 10.5. The van der Waals surface area contributed by atoms with Crippen LogP contribution in [0.15, 0.2) is 0 Å². The van der Waals surface area contributed by atoms with Crippen LogP contribution in [-0.2, 0) is 15.8 Å². The molecule has 0 aliphatic rings. The van der Waals surface area contributed by atoms with Gasteiger partial charge in [-0.05, 0) is 31.9 Å². The van der Waals surface area contributed by atoms with Gasteiger partial charge in [-0.3, -0.25) is 0 Å². The molecule has 12 heteroatoms. The molecule has 3 nitrogen and oxygen atoms in total. The number of rotatable bonds is 2. The molecular weight excluding hydrogens is 407 g/mol. The molecule has 1 heterocycles. The van der Waals surface area contributed by atoms with Crippen LogP contribution in [-0.4, -0.2) is 15.0 Å². The van der Waals surface area contributed by atoms with Gasteiger partial charge in [0.1, 0.15) is 0 Å². The third-order valence-corrected chi connectivity index (χ3v) is 2.11. The zero-order valence-corrected chi connectivity index (χ0v) is 10.9. The van der Waals surface area contributed by atoms with Crippen LogP contribution in [0.4, 0.5) is 30.7 Å². The summed E-state index contributed by atoms with van der Waals surface area (Å²) in [5, 5.41) is 0. The van der Waals surface area contributed by atoms with Gasteiger partial charge in [0.2, 0.25) is 17.5 Å². The summed E-state index contributed by atoms with van der Waals surface area (Å²) in [6, 6.07) is 0. The molecule has 1 aromatic heterocycles. The minimum absolute atomic E-state index is 1.67. The summed E-state index contributed by atoms with van der Waals surface area (Å²) in [5.74, 6) is -5.67. The summed E-state index contributed by atoms with van der Waals surface area (Å²) in [5.41, 5.74) is 0. The highest BCUT2D eigenvalue weighted by atomic mass is 79.9. The molecule has 1 rings (SSSR count). The molecule has 0 bridgehead atoms. The molecular formula is C6Br2F7N3. The average Bonchev–Trinajstić information content (AvgIpc) is 2.13. The number of alkyl halides is 9. The maximum absolute atomic E-state index is 12.7. The van der Waals surface area contributed by atoms with Crippen molar-refractivity contribution < 1.29 is 30.7 Å². The molecule has 0 spiro atoms. The molecule has 0 fully saturated rings. The van der Waals surface area contributed by atoms with Crippen molar-refractivity contribution in [2.24, 2.45) is 0 Å². The third-order valence-electron chi connectivity index (χ3n) is 1.40. The van der Waals surface area contributed by atoms with Gasteiger partial charge < -0.3 is 0 Å². The molecule has 0 aliphatic heterocycles. The molecule has 0 aromatic carbocycles. The first-order valence-electron chi connectivity index (χ1n) is 3.79. The van der Waals surface area contributed by atoms with Crippen LogP contribution in [0, 0.1) is 0 Å². The van der Waals surface area contributed by atoms with Gasteiger partial charge in [0.25, 0.3) is 0 Å². The highest BCUT2D eigenvalue weighted by Gasteiger charge is 2.43. The molecule has 0 atom stereocenters. The smallest absolute Gasteiger partial charge is 0.204 e. The number of hydrogen-bond donors (Lipinski definition) is 0. The Balaban J connectivity index is 3.49. The molecule has 0 unspecified atom stereocenters. The second kappa shape index (κ2) is 4.54. The van der Waals surface area contributed by atoms with E-state index in [-0.39, 0.29) is 0 Å². The van der Waals surface area contributed by atoms with Gasteiger partial charge in [0, 0.05) is 0 Å². The van der Waals surface area contributed by atoms with Crippen LogP contribution in [0.5, 0.6) is 0 Å². The van der Waals surface area contributed by atoms with Gasteiger partial charge in [-0.2, -0.15) is 30.7 Å². The van der Waals surface area contributed by atoms with Crippen molar-refractivity contribution in [3.63, 3.8) is 0 Å². The fourth-order valence-electron chi connectivity index (χ4n) is 0.756. The third kappa shape index (κ3) is 3.73. The normalized spacial score (nSPS) is 13.8. The highest BCUT2D eigenvalue weighted by Crippen LogP contribution is 2.38. The summed E-state index contributed by atoms with van der Waals surface area (Å²) in [4.78, 5) is -0.833. The van der Waals surface area contributed by atoms with Gasteiger partial charge >= 0.3 is 15.8 Å². The van der Waals surface area contributed by atoms with E-state index >= 15 is 0 Å².